The van der Waals surface area contributed by atoms with Crippen molar-refractivity contribution in [2.24, 2.45) is 0 Å². The Balaban J connectivity index is 3.66. The van der Waals surface area contributed by atoms with Gasteiger partial charge in [0.25, 0.3) is 0 Å². The molecule has 0 aliphatic carbocycles. The van der Waals surface area contributed by atoms with Gasteiger partial charge in [-0.05, 0) is 18.6 Å². The van der Waals surface area contributed by atoms with Gasteiger partial charge in [-0.3, -0.25) is 9.59 Å². The van der Waals surface area contributed by atoms with E-state index in [1.165, 1.54) is 6.92 Å². The van der Waals surface area contributed by atoms with Crippen LogP contribution in [0.25, 0.3) is 0 Å². The molecule has 14 heavy (non-hydrogen) atoms. The Bertz CT molecular complexity index is 230. The molecule has 0 aromatic rings. The number of rotatable bonds is 5. The fourth-order valence-electron chi connectivity index (χ4n) is 0.653. The average Bonchev–Trinajstić information content (AvgIpc) is 2.14. The third-order valence-electron chi connectivity index (χ3n) is 1.47. The molecule has 0 aromatic heterocycles. The van der Waals surface area contributed by atoms with E-state index in [1.807, 2.05) is 6.92 Å². The maximum Gasteiger partial charge on any atom is 0.305 e. The average molecular weight is 200 g/mol. The predicted octanol–water partition coefficient (Wildman–Crippen LogP) is 1.45. The van der Waals surface area contributed by atoms with Gasteiger partial charge in [0.15, 0.2) is 0 Å². The Morgan fingerprint density at radius 2 is 1.86 bits per heavy atom. The zero-order valence-electron chi connectivity index (χ0n) is 8.83. The highest BCUT2D eigenvalue weighted by Crippen LogP contribution is 1.95. The van der Waals surface area contributed by atoms with Gasteiger partial charge in [0.2, 0.25) is 0 Å². The van der Waals surface area contributed by atoms with E-state index < -0.39 is 0 Å². The predicted molar refractivity (Wildman–Crippen MR) is 51.6 cm³/mol. The molecule has 0 saturated heterocycles. The summed E-state index contributed by atoms with van der Waals surface area (Å²) in [5.41, 5.74) is 0.865. The Kier molecular flexibility index (Phi) is 6.45. The van der Waals surface area contributed by atoms with Gasteiger partial charge in [-0.2, -0.15) is 0 Å². The summed E-state index contributed by atoms with van der Waals surface area (Å²) in [5, 5.41) is 0. The lowest BCUT2D eigenvalue weighted by molar-refractivity contribution is -0.142. The smallest absolute Gasteiger partial charge is 0.305 e. The van der Waals surface area contributed by atoms with Crippen LogP contribution < -0.4 is 0 Å². The van der Waals surface area contributed by atoms with E-state index in [1.54, 1.807) is 13.0 Å². The van der Waals surface area contributed by atoms with E-state index in [0.717, 1.165) is 5.57 Å². The maximum atomic E-state index is 10.7. The first-order valence-corrected chi connectivity index (χ1v) is 4.50. The van der Waals surface area contributed by atoms with Gasteiger partial charge in [0, 0.05) is 13.3 Å². The van der Waals surface area contributed by atoms with Crippen molar-refractivity contribution in [2.45, 2.75) is 27.2 Å². The molecule has 80 valence electrons. The Hall–Kier alpha value is -1.32. The number of carbonyl (C=O) groups is 2. The Labute approximate surface area is 83.9 Å². The van der Waals surface area contributed by atoms with Crippen LogP contribution in [0.5, 0.6) is 0 Å². The molecule has 0 atom stereocenters. The molecule has 0 unspecified atom stereocenters. The summed E-state index contributed by atoms with van der Waals surface area (Å²) in [7, 11) is 0. The van der Waals surface area contributed by atoms with Gasteiger partial charge in [-0.25, -0.2) is 0 Å². The number of hydrogen-bond donors (Lipinski definition) is 0. The molecule has 0 aliphatic rings. The summed E-state index contributed by atoms with van der Waals surface area (Å²) in [5.74, 6) is -0.551. The summed E-state index contributed by atoms with van der Waals surface area (Å²) in [6, 6.07) is 0. The largest absolute Gasteiger partial charge is 0.461 e. The SMILES string of the molecule is CCC(=O)OCC=C(C)COC(C)=O. The second-order valence-electron chi connectivity index (χ2n) is 2.87. The Morgan fingerprint density at radius 1 is 1.21 bits per heavy atom. The summed E-state index contributed by atoms with van der Waals surface area (Å²) >= 11 is 0. The van der Waals surface area contributed by atoms with E-state index in [2.05, 4.69) is 0 Å². The molecule has 0 spiro atoms. The van der Waals surface area contributed by atoms with Crippen molar-refractivity contribution in [1.29, 1.82) is 0 Å². The number of ether oxygens (including phenoxy) is 2. The van der Waals surface area contributed by atoms with Gasteiger partial charge in [0.1, 0.15) is 13.2 Å². The van der Waals surface area contributed by atoms with E-state index in [0.29, 0.717) is 6.42 Å². The molecule has 0 rings (SSSR count). The molecule has 0 aromatic carbocycles. The standard InChI is InChI=1S/C10H16O4/c1-4-10(12)13-6-5-8(2)7-14-9(3)11/h5H,4,6-7H2,1-3H3. The number of hydrogen-bond acceptors (Lipinski definition) is 4. The van der Waals surface area contributed by atoms with E-state index >= 15 is 0 Å². The second kappa shape index (κ2) is 7.12. The van der Waals surface area contributed by atoms with Crippen LogP contribution in [0.4, 0.5) is 0 Å². The van der Waals surface area contributed by atoms with Crippen LogP contribution in [0.2, 0.25) is 0 Å². The summed E-state index contributed by atoms with van der Waals surface area (Å²) in [4.78, 5) is 21.2. The van der Waals surface area contributed by atoms with E-state index in [-0.39, 0.29) is 25.2 Å². The minimum Gasteiger partial charge on any atom is -0.461 e. The van der Waals surface area contributed by atoms with E-state index in [4.69, 9.17) is 9.47 Å². The minimum absolute atomic E-state index is 0.235. The molecular formula is C10H16O4. The summed E-state index contributed by atoms with van der Waals surface area (Å²) in [6.45, 7) is 5.38. The molecule has 0 fully saturated rings. The van der Waals surface area contributed by atoms with E-state index in [9.17, 15) is 9.59 Å². The summed E-state index contributed by atoms with van der Waals surface area (Å²) < 4.78 is 9.55. The van der Waals surface area contributed by atoms with Crippen LogP contribution in [0.1, 0.15) is 27.2 Å². The monoisotopic (exact) mass is 200 g/mol. The zero-order valence-corrected chi connectivity index (χ0v) is 8.83. The van der Waals surface area contributed by atoms with Crippen LogP contribution in [0, 0.1) is 0 Å². The van der Waals surface area contributed by atoms with Crippen molar-refractivity contribution in [3.05, 3.63) is 11.6 Å². The quantitative estimate of drug-likeness (QED) is 0.498. The highest BCUT2D eigenvalue weighted by atomic mass is 16.5. The van der Waals surface area contributed by atoms with Crippen molar-refractivity contribution < 1.29 is 19.1 Å². The molecule has 4 nitrogen and oxygen atoms in total. The lowest BCUT2D eigenvalue weighted by Gasteiger charge is -2.02. The molecule has 0 saturated carbocycles. The fraction of sp³-hybridized carbons (Fsp3) is 0.600. The van der Waals surface area contributed by atoms with Gasteiger partial charge in [0.05, 0.1) is 0 Å². The van der Waals surface area contributed by atoms with Crippen LogP contribution in [0.15, 0.2) is 11.6 Å². The number of carbonyl (C=O) groups excluding carboxylic acids is 2. The highest BCUT2D eigenvalue weighted by Gasteiger charge is 1.97. The highest BCUT2D eigenvalue weighted by molar-refractivity contribution is 5.69. The molecule has 0 bridgehead atoms. The van der Waals surface area contributed by atoms with Gasteiger partial charge in [-0.15, -0.1) is 0 Å². The fourth-order valence-corrected chi connectivity index (χ4v) is 0.653. The first kappa shape index (κ1) is 12.7. The molecule has 0 N–H and O–H groups in total. The molecule has 0 aliphatic heterocycles. The van der Waals surface area contributed by atoms with Crippen LogP contribution in [-0.2, 0) is 19.1 Å². The zero-order chi connectivity index (χ0) is 11.0. The first-order valence-electron chi connectivity index (χ1n) is 4.50. The molecule has 0 amide bonds. The second-order valence-corrected chi connectivity index (χ2v) is 2.87. The van der Waals surface area contributed by atoms with Crippen molar-refractivity contribution >= 4 is 11.9 Å². The van der Waals surface area contributed by atoms with Crippen molar-refractivity contribution in [3.63, 3.8) is 0 Å². The Morgan fingerprint density at radius 3 is 2.36 bits per heavy atom. The van der Waals surface area contributed by atoms with Gasteiger partial charge < -0.3 is 9.47 Å². The third kappa shape index (κ3) is 7.34. The minimum atomic E-state index is -0.316. The van der Waals surface area contributed by atoms with Crippen LogP contribution in [0.3, 0.4) is 0 Å². The van der Waals surface area contributed by atoms with Crippen molar-refractivity contribution in [1.82, 2.24) is 0 Å². The van der Waals surface area contributed by atoms with Crippen molar-refractivity contribution in [3.8, 4) is 0 Å². The van der Waals surface area contributed by atoms with Gasteiger partial charge in [-0.1, -0.05) is 6.92 Å². The first-order chi connectivity index (χ1) is 6.56. The van der Waals surface area contributed by atoms with Crippen LogP contribution >= 0.6 is 0 Å². The third-order valence-corrected chi connectivity index (χ3v) is 1.47. The number of esters is 2. The lowest BCUT2D eigenvalue weighted by Crippen LogP contribution is -2.05. The van der Waals surface area contributed by atoms with Gasteiger partial charge >= 0.3 is 11.9 Å². The summed E-state index contributed by atoms with van der Waals surface area (Å²) in [6.07, 6.45) is 2.09. The normalized spacial score (nSPS) is 10.9. The van der Waals surface area contributed by atoms with Crippen molar-refractivity contribution in [2.75, 3.05) is 13.2 Å². The van der Waals surface area contributed by atoms with Crippen LogP contribution in [-0.4, -0.2) is 25.2 Å². The molecular weight excluding hydrogens is 184 g/mol. The lowest BCUT2D eigenvalue weighted by atomic mass is 10.3. The molecule has 4 heteroatoms. The molecule has 0 radical (unpaired) electrons. The molecule has 0 heterocycles. The maximum absolute atomic E-state index is 10.7. The topological polar surface area (TPSA) is 52.6 Å².